The van der Waals surface area contributed by atoms with Crippen molar-refractivity contribution in [1.29, 1.82) is 0 Å². The van der Waals surface area contributed by atoms with Gasteiger partial charge in [0.05, 0.1) is 9.90 Å². The Morgan fingerprint density at radius 1 is 1.12 bits per heavy atom. The number of benzene rings is 1. The molecule has 3 aromatic rings. The fraction of sp³-hybridized carbons (Fsp3) is 0.304. The number of aromatic nitrogens is 1. The minimum absolute atomic E-state index is 0.253. The van der Waals surface area contributed by atoms with Gasteiger partial charge < -0.3 is 4.74 Å². The number of anilines is 2. The van der Waals surface area contributed by atoms with Crippen LogP contribution in [-0.4, -0.2) is 31.6 Å². The van der Waals surface area contributed by atoms with Crippen LogP contribution in [0.2, 0.25) is 0 Å². The number of hydrogen-bond donors (Lipinski definition) is 1. The Kier molecular flexibility index (Phi) is 5.72. The molecule has 0 saturated carbocycles. The quantitative estimate of drug-likeness (QED) is 0.564. The third-order valence-corrected chi connectivity index (χ3v) is 7.78. The molecule has 2 aromatic heterocycles. The van der Waals surface area contributed by atoms with E-state index in [9.17, 15) is 13.2 Å². The van der Waals surface area contributed by atoms with E-state index in [1.165, 1.54) is 15.6 Å². The van der Waals surface area contributed by atoms with Crippen molar-refractivity contribution < 1.29 is 17.9 Å². The van der Waals surface area contributed by atoms with Crippen LogP contribution in [0.3, 0.4) is 0 Å². The number of sulfonamides is 1. The van der Waals surface area contributed by atoms with Crippen LogP contribution in [0, 0.1) is 6.92 Å². The van der Waals surface area contributed by atoms with Crippen molar-refractivity contribution in [1.82, 2.24) is 4.98 Å². The Hall–Kier alpha value is -2.91. The van der Waals surface area contributed by atoms with Crippen LogP contribution in [0.25, 0.3) is 10.4 Å². The van der Waals surface area contributed by atoms with E-state index in [0.717, 1.165) is 21.6 Å². The molecule has 4 rings (SSSR count). The first kappa shape index (κ1) is 22.3. The lowest BCUT2D eigenvalue weighted by atomic mass is 10.1. The minimum Gasteiger partial charge on any atom is -0.444 e. The molecule has 168 valence electrons. The highest BCUT2D eigenvalue weighted by atomic mass is 32.2. The van der Waals surface area contributed by atoms with Crippen LogP contribution in [0.15, 0.2) is 53.6 Å². The summed E-state index contributed by atoms with van der Waals surface area (Å²) in [6, 6.07) is 12.4. The number of ether oxygens (including phenoxy) is 1. The number of amides is 1. The van der Waals surface area contributed by atoms with E-state index in [2.05, 4.69) is 10.3 Å². The predicted molar refractivity (Wildman–Crippen MR) is 127 cm³/mol. The van der Waals surface area contributed by atoms with E-state index >= 15 is 0 Å². The summed E-state index contributed by atoms with van der Waals surface area (Å²) in [4.78, 5) is 17.6. The fourth-order valence-corrected chi connectivity index (χ4v) is 5.91. The second-order valence-corrected chi connectivity index (χ2v) is 11.5. The monoisotopic (exact) mass is 471 g/mol. The maximum atomic E-state index is 13.2. The molecule has 32 heavy (non-hydrogen) atoms. The molecule has 1 aliphatic rings. The van der Waals surface area contributed by atoms with E-state index < -0.39 is 21.7 Å². The SMILES string of the molecule is Cc1ccc(S(=O)(=O)N2CCc3c(-c4ccc(NC(=O)OC(C)(C)C)s4)ccnc32)cc1. The molecule has 1 amide bonds. The number of nitrogens with zero attached hydrogens (tertiary/aromatic N) is 2. The van der Waals surface area contributed by atoms with E-state index in [1.807, 2.05) is 45.9 Å². The van der Waals surface area contributed by atoms with Gasteiger partial charge >= 0.3 is 6.09 Å². The normalized spacial score (nSPS) is 13.7. The standard InChI is InChI=1S/C23H25N3O4S2/c1-15-5-7-16(8-6-15)32(28,29)26-14-12-18-17(11-13-24-21(18)26)19-9-10-20(31-19)25-22(27)30-23(2,3)4/h5-11,13H,12,14H2,1-4H3,(H,25,27). The molecule has 0 radical (unpaired) electrons. The van der Waals surface area contributed by atoms with Crippen LogP contribution >= 0.6 is 11.3 Å². The first-order chi connectivity index (χ1) is 15.0. The van der Waals surface area contributed by atoms with Crippen LogP contribution in [0.1, 0.15) is 31.9 Å². The van der Waals surface area contributed by atoms with E-state index in [-0.39, 0.29) is 4.90 Å². The van der Waals surface area contributed by atoms with Gasteiger partial charge in [-0.1, -0.05) is 17.7 Å². The first-order valence-electron chi connectivity index (χ1n) is 10.2. The molecular formula is C23H25N3O4S2. The summed E-state index contributed by atoms with van der Waals surface area (Å²) in [6.45, 7) is 7.68. The first-order valence-corrected chi connectivity index (χ1v) is 12.5. The van der Waals surface area contributed by atoms with Gasteiger partial charge in [-0.15, -0.1) is 11.3 Å². The number of hydrogen-bond acceptors (Lipinski definition) is 6. The lowest BCUT2D eigenvalue weighted by Gasteiger charge is -2.19. The highest BCUT2D eigenvalue weighted by molar-refractivity contribution is 7.92. The van der Waals surface area contributed by atoms with E-state index in [4.69, 9.17) is 4.74 Å². The van der Waals surface area contributed by atoms with Crippen molar-refractivity contribution >= 4 is 38.3 Å². The summed E-state index contributed by atoms with van der Waals surface area (Å²) in [6.07, 6.45) is 1.68. The Morgan fingerprint density at radius 2 is 1.84 bits per heavy atom. The molecule has 0 bridgehead atoms. The smallest absolute Gasteiger partial charge is 0.412 e. The summed E-state index contributed by atoms with van der Waals surface area (Å²) in [5.41, 5.74) is 2.22. The fourth-order valence-electron chi connectivity index (χ4n) is 3.52. The maximum absolute atomic E-state index is 13.2. The summed E-state index contributed by atoms with van der Waals surface area (Å²) in [5.74, 6) is 0.457. The van der Waals surface area contributed by atoms with Gasteiger partial charge in [-0.05, 0) is 64.4 Å². The highest BCUT2D eigenvalue weighted by Gasteiger charge is 2.33. The maximum Gasteiger partial charge on any atom is 0.412 e. The molecule has 1 aromatic carbocycles. The molecule has 9 heteroatoms. The average molecular weight is 472 g/mol. The Bertz CT molecular complexity index is 1260. The van der Waals surface area contributed by atoms with Gasteiger partial charge in [0.25, 0.3) is 10.0 Å². The summed E-state index contributed by atoms with van der Waals surface area (Å²) >= 11 is 1.41. The number of thiophene rings is 1. The third-order valence-electron chi connectivity index (χ3n) is 4.94. The van der Waals surface area contributed by atoms with Crippen LogP contribution in [0.5, 0.6) is 0 Å². The van der Waals surface area contributed by atoms with Gasteiger partial charge in [0.2, 0.25) is 0 Å². The van der Waals surface area contributed by atoms with Gasteiger partial charge in [-0.3, -0.25) is 5.32 Å². The third kappa shape index (κ3) is 4.49. The summed E-state index contributed by atoms with van der Waals surface area (Å²) < 4.78 is 33.1. The Balaban J connectivity index is 1.61. The number of aryl methyl sites for hydroxylation is 1. The number of nitrogens with one attached hydrogen (secondary N) is 1. The van der Waals surface area contributed by atoms with Crippen LogP contribution in [-0.2, 0) is 21.2 Å². The topological polar surface area (TPSA) is 88.6 Å². The second kappa shape index (κ2) is 8.22. The number of rotatable bonds is 4. The molecule has 0 fully saturated rings. The predicted octanol–water partition coefficient (Wildman–Crippen LogP) is 5.22. The summed E-state index contributed by atoms with van der Waals surface area (Å²) in [7, 11) is -3.70. The van der Waals surface area contributed by atoms with Crippen molar-refractivity contribution in [3.8, 4) is 10.4 Å². The van der Waals surface area contributed by atoms with Crippen molar-refractivity contribution in [2.24, 2.45) is 0 Å². The van der Waals surface area contributed by atoms with Crippen molar-refractivity contribution in [3.63, 3.8) is 0 Å². The van der Waals surface area contributed by atoms with E-state index in [1.54, 1.807) is 30.5 Å². The molecule has 1 N–H and O–H groups in total. The van der Waals surface area contributed by atoms with Crippen molar-refractivity contribution in [2.45, 2.75) is 44.6 Å². The molecule has 3 heterocycles. The van der Waals surface area contributed by atoms with Crippen LogP contribution < -0.4 is 9.62 Å². The zero-order valence-electron chi connectivity index (χ0n) is 18.4. The zero-order valence-corrected chi connectivity index (χ0v) is 20.0. The molecule has 0 spiro atoms. The van der Waals surface area contributed by atoms with Gasteiger partial charge in [-0.25, -0.2) is 22.5 Å². The average Bonchev–Trinajstić information content (AvgIpc) is 3.34. The van der Waals surface area contributed by atoms with Crippen LogP contribution in [0.4, 0.5) is 15.6 Å². The number of carbonyl (C=O) groups is 1. The number of pyridine rings is 1. The van der Waals surface area contributed by atoms with E-state index in [0.29, 0.717) is 23.8 Å². The molecule has 0 aliphatic carbocycles. The van der Waals surface area contributed by atoms with Gasteiger partial charge in [-0.2, -0.15) is 0 Å². The lowest BCUT2D eigenvalue weighted by Crippen LogP contribution is -2.29. The zero-order chi connectivity index (χ0) is 23.1. The Morgan fingerprint density at radius 3 is 2.53 bits per heavy atom. The van der Waals surface area contributed by atoms with Crippen molar-refractivity contribution in [3.05, 3.63) is 59.8 Å². The largest absolute Gasteiger partial charge is 0.444 e. The second-order valence-electron chi connectivity index (χ2n) is 8.59. The van der Waals surface area contributed by atoms with Gasteiger partial charge in [0, 0.05) is 28.7 Å². The molecule has 7 nitrogen and oxygen atoms in total. The number of carbonyl (C=O) groups excluding carboxylic acids is 1. The molecule has 0 saturated heterocycles. The lowest BCUT2D eigenvalue weighted by molar-refractivity contribution is 0.0636. The van der Waals surface area contributed by atoms with Crippen molar-refractivity contribution in [2.75, 3.05) is 16.2 Å². The highest BCUT2D eigenvalue weighted by Crippen LogP contribution is 2.40. The number of fused-ring (bicyclic) bond motifs is 1. The summed E-state index contributed by atoms with van der Waals surface area (Å²) in [5, 5.41) is 3.41. The Labute approximate surface area is 192 Å². The molecular weight excluding hydrogens is 446 g/mol. The van der Waals surface area contributed by atoms with Gasteiger partial charge in [0.1, 0.15) is 11.4 Å². The molecule has 0 atom stereocenters. The molecule has 1 aliphatic heterocycles. The van der Waals surface area contributed by atoms with Gasteiger partial charge in [0.15, 0.2) is 0 Å². The molecule has 0 unspecified atom stereocenters. The minimum atomic E-state index is -3.70.